The Labute approximate surface area is 156 Å². The maximum Gasteiger partial charge on any atom is 0.337 e. The molecule has 0 radical (unpaired) electrons. The molecule has 0 aromatic heterocycles. The first-order chi connectivity index (χ1) is 11.9. The van der Waals surface area contributed by atoms with Gasteiger partial charge in [-0.1, -0.05) is 41.4 Å². The Kier molecular flexibility index (Phi) is 6.67. The molecule has 1 atom stereocenters. The van der Waals surface area contributed by atoms with Crippen LogP contribution in [-0.4, -0.2) is 19.0 Å². The molecule has 7 heteroatoms. The Morgan fingerprint density at radius 3 is 2.72 bits per heavy atom. The van der Waals surface area contributed by atoms with E-state index in [1.807, 2.05) is 19.1 Å². The second-order valence-corrected chi connectivity index (χ2v) is 6.27. The van der Waals surface area contributed by atoms with E-state index in [0.717, 1.165) is 11.1 Å². The first-order valence-corrected chi connectivity index (χ1v) is 8.35. The van der Waals surface area contributed by atoms with Crippen molar-refractivity contribution in [2.45, 2.75) is 19.5 Å². The molecule has 0 saturated carbocycles. The van der Waals surface area contributed by atoms with E-state index >= 15 is 0 Å². The van der Waals surface area contributed by atoms with E-state index < -0.39 is 0 Å². The average molecular weight is 380 g/mol. The smallest absolute Gasteiger partial charge is 0.337 e. The highest BCUT2D eigenvalue weighted by atomic mass is 35.5. The molecular formula is C18H19Cl2N3O2. The molecule has 0 bridgehead atoms. The lowest BCUT2D eigenvalue weighted by molar-refractivity contribution is 0.0600. The molecular weight excluding hydrogens is 361 g/mol. The van der Waals surface area contributed by atoms with E-state index in [9.17, 15) is 4.79 Å². The number of rotatable bonds is 5. The summed E-state index contributed by atoms with van der Waals surface area (Å²) < 4.78 is 4.70. The zero-order chi connectivity index (χ0) is 18.4. The highest BCUT2D eigenvalue weighted by Crippen LogP contribution is 2.25. The SMILES string of the molecule is COC(=O)c1cccc(CN=C(N)NC(C)c2ccc(Cl)cc2Cl)c1. The van der Waals surface area contributed by atoms with Crippen molar-refractivity contribution in [1.82, 2.24) is 5.32 Å². The number of hydrogen-bond donors (Lipinski definition) is 2. The van der Waals surface area contributed by atoms with E-state index in [2.05, 4.69) is 10.3 Å². The van der Waals surface area contributed by atoms with Gasteiger partial charge in [0, 0.05) is 10.0 Å². The highest BCUT2D eigenvalue weighted by Gasteiger charge is 2.11. The van der Waals surface area contributed by atoms with E-state index in [-0.39, 0.29) is 18.0 Å². The van der Waals surface area contributed by atoms with Crippen molar-refractivity contribution in [3.63, 3.8) is 0 Å². The topological polar surface area (TPSA) is 76.7 Å². The normalized spacial score (nSPS) is 12.6. The maximum absolute atomic E-state index is 11.5. The molecule has 2 aromatic carbocycles. The monoisotopic (exact) mass is 379 g/mol. The Morgan fingerprint density at radius 2 is 2.04 bits per heavy atom. The van der Waals surface area contributed by atoms with Crippen LogP contribution in [0.1, 0.15) is 34.5 Å². The van der Waals surface area contributed by atoms with Gasteiger partial charge >= 0.3 is 5.97 Å². The molecule has 0 saturated heterocycles. The van der Waals surface area contributed by atoms with Crippen LogP contribution in [0.4, 0.5) is 0 Å². The summed E-state index contributed by atoms with van der Waals surface area (Å²) in [7, 11) is 1.35. The van der Waals surface area contributed by atoms with Gasteiger partial charge in [-0.15, -0.1) is 0 Å². The summed E-state index contributed by atoms with van der Waals surface area (Å²) in [4.78, 5) is 15.8. The molecule has 2 aromatic rings. The van der Waals surface area contributed by atoms with Crippen LogP contribution in [0.25, 0.3) is 0 Å². The van der Waals surface area contributed by atoms with Gasteiger partial charge in [-0.3, -0.25) is 0 Å². The molecule has 0 amide bonds. The van der Waals surface area contributed by atoms with Gasteiger partial charge < -0.3 is 15.8 Å². The quantitative estimate of drug-likeness (QED) is 0.468. The number of benzene rings is 2. The fourth-order valence-electron chi connectivity index (χ4n) is 2.29. The first-order valence-electron chi connectivity index (χ1n) is 7.59. The van der Waals surface area contributed by atoms with Crippen molar-refractivity contribution in [3.8, 4) is 0 Å². The van der Waals surface area contributed by atoms with Crippen molar-refractivity contribution in [1.29, 1.82) is 0 Å². The third kappa shape index (κ3) is 5.37. The summed E-state index contributed by atoms with van der Waals surface area (Å²) in [5.41, 5.74) is 8.14. The van der Waals surface area contributed by atoms with Crippen LogP contribution in [0, 0.1) is 0 Å². The van der Waals surface area contributed by atoms with Gasteiger partial charge in [0.2, 0.25) is 0 Å². The number of halogens is 2. The summed E-state index contributed by atoms with van der Waals surface area (Å²) in [5, 5.41) is 4.22. The predicted molar refractivity (Wildman–Crippen MR) is 101 cm³/mol. The van der Waals surface area contributed by atoms with Crippen LogP contribution in [-0.2, 0) is 11.3 Å². The minimum atomic E-state index is -0.386. The Balaban J connectivity index is 2.03. The number of esters is 1. The molecule has 0 heterocycles. The molecule has 0 aliphatic carbocycles. The van der Waals surface area contributed by atoms with Crippen LogP contribution in [0.15, 0.2) is 47.5 Å². The van der Waals surface area contributed by atoms with E-state index in [4.69, 9.17) is 33.7 Å². The largest absolute Gasteiger partial charge is 0.465 e. The molecule has 132 valence electrons. The lowest BCUT2D eigenvalue weighted by Crippen LogP contribution is -2.34. The lowest BCUT2D eigenvalue weighted by Gasteiger charge is -2.16. The van der Waals surface area contributed by atoms with E-state index in [1.165, 1.54) is 7.11 Å². The number of hydrogen-bond acceptors (Lipinski definition) is 3. The van der Waals surface area contributed by atoms with Gasteiger partial charge in [-0.05, 0) is 42.3 Å². The summed E-state index contributed by atoms with van der Waals surface area (Å²) in [5.74, 6) is -0.107. The number of aliphatic imine (C=N–C) groups is 1. The molecule has 5 nitrogen and oxygen atoms in total. The second-order valence-electron chi connectivity index (χ2n) is 5.43. The van der Waals surface area contributed by atoms with Crippen molar-refractivity contribution in [2.24, 2.45) is 10.7 Å². The van der Waals surface area contributed by atoms with Gasteiger partial charge in [0.15, 0.2) is 5.96 Å². The van der Waals surface area contributed by atoms with Crippen LogP contribution in [0.2, 0.25) is 10.0 Å². The molecule has 0 aliphatic heterocycles. The number of nitrogens with two attached hydrogens (primary N) is 1. The summed E-state index contributed by atoms with van der Waals surface area (Å²) in [6.45, 7) is 2.26. The minimum Gasteiger partial charge on any atom is -0.465 e. The lowest BCUT2D eigenvalue weighted by atomic mass is 10.1. The first kappa shape index (κ1) is 19.1. The minimum absolute atomic E-state index is 0.130. The molecule has 0 aliphatic rings. The summed E-state index contributed by atoms with van der Waals surface area (Å²) in [6, 6.07) is 12.2. The number of carbonyl (C=O) groups is 1. The fourth-order valence-corrected chi connectivity index (χ4v) is 2.86. The molecule has 0 fully saturated rings. The number of carbonyl (C=O) groups excluding carboxylic acids is 1. The molecule has 3 N–H and O–H groups in total. The fraction of sp³-hybridized carbons (Fsp3) is 0.222. The summed E-state index contributed by atoms with van der Waals surface area (Å²) >= 11 is 12.1. The van der Waals surface area contributed by atoms with Crippen molar-refractivity contribution < 1.29 is 9.53 Å². The van der Waals surface area contributed by atoms with Gasteiger partial charge in [0.25, 0.3) is 0 Å². The molecule has 2 rings (SSSR count). The third-order valence-electron chi connectivity index (χ3n) is 3.57. The van der Waals surface area contributed by atoms with Crippen molar-refractivity contribution >= 4 is 35.1 Å². The average Bonchev–Trinajstić information content (AvgIpc) is 2.59. The van der Waals surface area contributed by atoms with Crippen LogP contribution < -0.4 is 11.1 Å². The molecule has 1 unspecified atom stereocenters. The van der Waals surface area contributed by atoms with Gasteiger partial charge in [-0.2, -0.15) is 0 Å². The Bertz CT molecular complexity index is 794. The maximum atomic E-state index is 11.5. The Hall–Kier alpha value is -2.24. The number of nitrogens with zero attached hydrogens (tertiary/aromatic N) is 1. The number of nitrogens with one attached hydrogen (secondary N) is 1. The standard InChI is InChI=1S/C18H19Cl2N3O2/c1-11(15-7-6-14(19)9-16(15)20)23-18(21)22-10-12-4-3-5-13(8-12)17(24)25-2/h3-9,11H,10H2,1-2H3,(H3,21,22,23). The van der Waals surface area contributed by atoms with Crippen LogP contribution in [0.3, 0.4) is 0 Å². The predicted octanol–water partition coefficient (Wildman–Crippen LogP) is 3.95. The summed E-state index contributed by atoms with van der Waals surface area (Å²) in [6.07, 6.45) is 0. The highest BCUT2D eigenvalue weighted by molar-refractivity contribution is 6.35. The van der Waals surface area contributed by atoms with E-state index in [1.54, 1.807) is 30.3 Å². The van der Waals surface area contributed by atoms with E-state index in [0.29, 0.717) is 22.2 Å². The zero-order valence-corrected chi connectivity index (χ0v) is 15.4. The van der Waals surface area contributed by atoms with Gasteiger partial charge in [0.1, 0.15) is 0 Å². The van der Waals surface area contributed by atoms with Crippen LogP contribution >= 0.6 is 23.2 Å². The molecule has 0 spiro atoms. The third-order valence-corrected chi connectivity index (χ3v) is 4.14. The number of methoxy groups -OCH3 is 1. The number of ether oxygens (including phenoxy) is 1. The second kappa shape index (κ2) is 8.74. The van der Waals surface area contributed by atoms with Crippen molar-refractivity contribution in [3.05, 3.63) is 69.2 Å². The van der Waals surface area contributed by atoms with Crippen molar-refractivity contribution in [2.75, 3.05) is 7.11 Å². The zero-order valence-electron chi connectivity index (χ0n) is 13.9. The number of guanidine groups is 1. The molecule has 25 heavy (non-hydrogen) atoms. The Morgan fingerprint density at radius 1 is 1.28 bits per heavy atom. The van der Waals surface area contributed by atoms with Crippen LogP contribution in [0.5, 0.6) is 0 Å². The van der Waals surface area contributed by atoms with Gasteiger partial charge in [0.05, 0.1) is 25.3 Å². The van der Waals surface area contributed by atoms with Gasteiger partial charge in [-0.25, -0.2) is 9.79 Å².